The molecule has 1 fully saturated rings. The van der Waals surface area contributed by atoms with E-state index in [4.69, 9.17) is 5.11 Å². The van der Waals surface area contributed by atoms with E-state index in [1.807, 2.05) is 6.92 Å². The average molecular weight is 320 g/mol. The fourth-order valence-corrected chi connectivity index (χ4v) is 4.81. The van der Waals surface area contributed by atoms with Gasteiger partial charge >= 0.3 is 5.97 Å². The summed E-state index contributed by atoms with van der Waals surface area (Å²) in [5.41, 5.74) is 0. The Kier molecular flexibility index (Phi) is 7.09. The minimum Gasteiger partial charge on any atom is -0.480 e. The summed E-state index contributed by atoms with van der Waals surface area (Å²) >= 11 is 0. The Bertz CT molecular complexity index is 430. The monoisotopic (exact) mass is 320 g/mol. The molecule has 0 radical (unpaired) electrons. The molecule has 1 saturated heterocycles. The number of hydrogen-bond acceptors (Lipinski definition) is 4. The first-order valence-electron chi connectivity index (χ1n) is 7.66. The van der Waals surface area contributed by atoms with Gasteiger partial charge in [0.25, 0.3) is 0 Å². The van der Waals surface area contributed by atoms with Crippen LogP contribution in [0, 0.1) is 5.92 Å². The van der Waals surface area contributed by atoms with Crippen molar-refractivity contribution in [2.75, 3.05) is 32.4 Å². The largest absolute Gasteiger partial charge is 0.480 e. The van der Waals surface area contributed by atoms with Crippen LogP contribution in [0.2, 0.25) is 0 Å². The van der Waals surface area contributed by atoms with Crippen LogP contribution in [-0.4, -0.2) is 67.2 Å². The number of nitrogens with zero attached hydrogens (tertiary/aromatic N) is 2. The molecular formula is C14H28N2O4S. The Morgan fingerprint density at radius 2 is 1.95 bits per heavy atom. The Balaban J connectivity index is 2.50. The van der Waals surface area contributed by atoms with Crippen LogP contribution in [0.25, 0.3) is 0 Å². The smallest absolute Gasteiger partial charge is 0.317 e. The Labute approximate surface area is 128 Å². The Hall–Kier alpha value is -0.660. The SMILES string of the molecule is CCCC(C)CS(=O)(=O)N1CCC(N(C)CC(=O)O)CC1. The van der Waals surface area contributed by atoms with Gasteiger partial charge in [-0.3, -0.25) is 9.69 Å². The third kappa shape index (κ3) is 5.92. The predicted molar refractivity (Wildman–Crippen MR) is 82.7 cm³/mol. The van der Waals surface area contributed by atoms with Crippen molar-refractivity contribution in [3.05, 3.63) is 0 Å². The van der Waals surface area contributed by atoms with E-state index in [0.717, 1.165) is 12.8 Å². The molecule has 1 N–H and O–H groups in total. The van der Waals surface area contributed by atoms with Gasteiger partial charge in [0.2, 0.25) is 10.0 Å². The van der Waals surface area contributed by atoms with Crippen molar-refractivity contribution in [2.45, 2.75) is 45.6 Å². The topological polar surface area (TPSA) is 77.9 Å². The van der Waals surface area contributed by atoms with Gasteiger partial charge < -0.3 is 5.11 Å². The van der Waals surface area contributed by atoms with E-state index < -0.39 is 16.0 Å². The summed E-state index contributed by atoms with van der Waals surface area (Å²) in [6, 6.07) is 0.153. The summed E-state index contributed by atoms with van der Waals surface area (Å²) < 4.78 is 26.3. The van der Waals surface area contributed by atoms with Gasteiger partial charge in [0, 0.05) is 19.1 Å². The van der Waals surface area contributed by atoms with Gasteiger partial charge in [-0.25, -0.2) is 12.7 Å². The highest BCUT2D eigenvalue weighted by molar-refractivity contribution is 7.89. The minimum absolute atomic E-state index is 0.00491. The van der Waals surface area contributed by atoms with E-state index in [9.17, 15) is 13.2 Å². The fourth-order valence-electron chi connectivity index (χ4n) is 2.94. The number of hydrogen-bond donors (Lipinski definition) is 1. The van der Waals surface area contributed by atoms with Crippen LogP contribution < -0.4 is 0 Å². The molecule has 1 unspecified atom stereocenters. The number of rotatable bonds is 8. The molecule has 0 saturated carbocycles. The summed E-state index contributed by atoms with van der Waals surface area (Å²) in [4.78, 5) is 12.5. The molecule has 0 aliphatic carbocycles. The van der Waals surface area contributed by atoms with Crippen molar-refractivity contribution in [2.24, 2.45) is 5.92 Å². The molecule has 7 heteroatoms. The third-order valence-corrected chi connectivity index (χ3v) is 6.24. The number of aliphatic carboxylic acids is 1. The lowest BCUT2D eigenvalue weighted by atomic mass is 10.1. The first kappa shape index (κ1) is 18.4. The highest BCUT2D eigenvalue weighted by Gasteiger charge is 2.30. The maximum atomic E-state index is 12.3. The first-order valence-corrected chi connectivity index (χ1v) is 9.27. The predicted octanol–water partition coefficient (Wildman–Crippen LogP) is 1.23. The maximum Gasteiger partial charge on any atom is 0.317 e. The van der Waals surface area contributed by atoms with Crippen molar-refractivity contribution < 1.29 is 18.3 Å². The number of sulfonamides is 1. The van der Waals surface area contributed by atoms with Crippen molar-refractivity contribution >= 4 is 16.0 Å². The number of piperidine rings is 1. The number of carboxylic acid groups (broad SMARTS) is 1. The molecule has 1 rings (SSSR count). The van der Waals surface area contributed by atoms with Crippen LogP contribution in [0.1, 0.15) is 39.5 Å². The van der Waals surface area contributed by atoms with Crippen LogP contribution >= 0.6 is 0 Å². The molecule has 0 aromatic rings. The molecule has 0 aromatic heterocycles. The summed E-state index contributed by atoms with van der Waals surface area (Å²) in [6.07, 6.45) is 3.33. The van der Waals surface area contributed by atoms with Crippen LogP contribution in [-0.2, 0) is 14.8 Å². The first-order chi connectivity index (χ1) is 9.76. The van der Waals surface area contributed by atoms with E-state index in [1.165, 1.54) is 0 Å². The number of carbonyl (C=O) groups is 1. The normalized spacial score (nSPS) is 19.8. The van der Waals surface area contributed by atoms with Gasteiger partial charge in [0.1, 0.15) is 0 Å². The van der Waals surface area contributed by atoms with Gasteiger partial charge in [0.05, 0.1) is 12.3 Å². The molecule has 0 aromatic carbocycles. The van der Waals surface area contributed by atoms with E-state index in [1.54, 1.807) is 16.3 Å². The van der Waals surface area contributed by atoms with E-state index >= 15 is 0 Å². The zero-order valence-corrected chi connectivity index (χ0v) is 14.1. The van der Waals surface area contributed by atoms with Crippen LogP contribution in [0.4, 0.5) is 0 Å². The summed E-state index contributed by atoms with van der Waals surface area (Å²) in [5, 5.41) is 8.80. The number of likely N-dealkylation sites (N-methyl/N-ethyl adjacent to an activating group) is 1. The highest BCUT2D eigenvalue weighted by atomic mass is 32.2. The van der Waals surface area contributed by atoms with Crippen molar-refractivity contribution in [1.29, 1.82) is 0 Å². The average Bonchev–Trinajstić information content (AvgIpc) is 2.37. The second kappa shape index (κ2) is 8.10. The molecule has 6 nitrogen and oxygen atoms in total. The zero-order chi connectivity index (χ0) is 16.0. The summed E-state index contributed by atoms with van der Waals surface area (Å²) in [7, 11) is -1.39. The lowest BCUT2D eigenvalue weighted by molar-refractivity contribution is -0.138. The quantitative estimate of drug-likeness (QED) is 0.728. The lowest BCUT2D eigenvalue weighted by Gasteiger charge is -2.35. The fraction of sp³-hybridized carbons (Fsp3) is 0.929. The molecule has 0 bridgehead atoms. The summed E-state index contributed by atoms with van der Waals surface area (Å²) in [5.74, 6) is -0.440. The highest BCUT2D eigenvalue weighted by Crippen LogP contribution is 2.20. The van der Waals surface area contributed by atoms with E-state index in [2.05, 4.69) is 6.92 Å². The van der Waals surface area contributed by atoms with Crippen molar-refractivity contribution in [3.8, 4) is 0 Å². The van der Waals surface area contributed by atoms with Gasteiger partial charge in [-0.1, -0.05) is 20.3 Å². The second-order valence-corrected chi connectivity index (χ2v) is 8.13. The molecular weight excluding hydrogens is 292 g/mol. The van der Waals surface area contributed by atoms with Gasteiger partial charge in [-0.05, 0) is 32.2 Å². The van der Waals surface area contributed by atoms with Gasteiger partial charge in [0.15, 0.2) is 0 Å². The number of carboxylic acids is 1. The second-order valence-electron chi connectivity index (χ2n) is 6.11. The van der Waals surface area contributed by atoms with Gasteiger partial charge in [-0.2, -0.15) is 0 Å². The maximum absolute atomic E-state index is 12.3. The third-order valence-electron chi connectivity index (χ3n) is 4.10. The summed E-state index contributed by atoms with van der Waals surface area (Å²) in [6.45, 7) is 5.04. The van der Waals surface area contributed by atoms with Crippen molar-refractivity contribution in [3.63, 3.8) is 0 Å². The molecule has 124 valence electrons. The molecule has 1 atom stereocenters. The van der Waals surface area contributed by atoms with Crippen LogP contribution in [0.15, 0.2) is 0 Å². The van der Waals surface area contributed by atoms with Crippen LogP contribution in [0.5, 0.6) is 0 Å². The molecule has 1 aliphatic heterocycles. The van der Waals surface area contributed by atoms with Gasteiger partial charge in [-0.15, -0.1) is 0 Å². The standard InChI is InChI=1S/C14H28N2O4S/c1-4-5-12(2)11-21(19,20)16-8-6-13(7-9-16)15(3)10-14(17)18/h12-13H,4-11H2,1-3H3,(H,17,18). The van der Waals surface area contributed by atoms with Crippen LogP contribution in [0.3, 0.4) is 0 Å². The minimum atomic E-state index is -3.18. The lowest BCUT2D eigenvalue weighted by Crippen LogP contribution is -2.47. The van der Waals surface area contributed by atoms with Crippen molar-refractivity contribution in [1.82, 2.24) is 9.21 Å². The Morgan fingerprint density at radius 3 is 2.43 bits per heavy atom. The van der Waals surface area contributed by atoms with E-state index in [-0.39, 0.29) is 24.3 Å². The molecule has 1 heterocycles. The molecule has 0 spiro atoms. The molecule has 21 heavy (non-hydrogen) atoms. The van der Waals surface area contributed by atoms with E-state index in [0.29, 0.717) is 25.9 Å². The Morgan fingerprint density at radius 1 is 1.38 bits per heavy atom. The zero-order valence-electron chi connectivity index (χ0n) is 13.3. The molecule has 0 amide bonds. The molecule has 1 aliphatic rings.